The number of alkyl halides is 1. The van der Waals surface area contributed by atoms with Crippen molar-refractivity contribution in [3.8, 4) is 0 Å². The summed E-state index contributed by atoms with van der Waals surface area (Å²) in [4.78, 5) is 3.49. The van der Waals surface area contributed by atoms with Crippen molar-refractivity contribution in [1.29, 1.82) is 0 Å². The molecule has 120 valence electrons. The van der Waals surface area contributed by atoms with Crippen LogP contribution in [0.25, 0.3) is 10.9 Å². The molecule has 0 spiro atoms. The highest BCUT2D eigenvalue weighted by molar-refractivity contribution is 9.08. The van der Waals surface area contributed by atoms with Crippen LogP contribution in [0.5, 0.6) is 0 Å². The fourth-order valence-corrected chi connectivity index (χ4v) is 3.91. The monoisotopic (exact) mass is 392 g/mol. The SMILES string of the molecule is O=S(=O)(NCCc1c[nH]c2ccccc12)c1ccc(CBr)cc1. The molecule has 4 nitrogen and oxygen atoms in total. The second-order valence-corrected chi connectivity index (χ2v) is 7.61. The Morgan fingerprint density at radius 3 is 2.52 bits per heavy atom. The molecular formula is C17H17BrN2O2S. The van der Waals surface area contributed by atoms with Crippen molar-refractivity contribution in [1.82, 2.24) is 9.71 Å². The van der Waals surface area contributed by atoms with Crippen molar-refractivity contribution < 1.29 is 8.42 Å². The first-order chi connectivity index (χ1) is 11.1. The molecule has 0 saturated carbocycles. The molecule has 2 aromatic carbocycles. The van der Waals surface area contributed by atoms with Crippen LogP contribution < -0.4 is 4.72 Å². The molecule has 1 heterocycles. The Balaban J connectivity index is 1.67. The van der Waals surface area contributed by atoms with Crippen LogP contribution in [-0.4, -0.2) is 19.9 Å². The maximum absolute atomic E-state index is 12.3. The molecule has 0 atom stereocenters. The van der Waals surface area contributed by atoms with Gasteiger partial charge in [0.25, 0.3) is 0 Å². The minimum atomic E-state index is -3.47. The lowest BCUT2D eigenvalue weighted by atomic mass is 10.1. The Hall–Kier alpha value is -1.63. The van der Waals surface area contributed by atoms with Crippen LogP contribution in [0.1, 0.15) is 11.1 Å². The normalized spacial score (nSPS) is 11.9. The molecule has 0 aliphatic heterocycles. The lowest BCUT2D eigenvalue weighted by Gasteiger charge is -2.07. The molecule has 0 unspecified atom stereocenters. The lowest BCUT2D eigenvalue weighted by Crippen LogP contribution is -2.25. The average molecular weight is 393 g/mol. The summed E-state index contributed by atoms with van der Waals surface area (Å²) in [5.74, 6) is 0. The summed E-state index contributed by atoms with van der Waals surface area (Å²) < 4.78 is 27.2. The number of nitrogens with one attached hydrogen (secondary N) is 2. The number of hydrogen-bond acceptors (Lipinski definition) is 2. The smallest absolute Gasteiger partial charge is 0.240 e. The average Bonchev–Trinajstić information content (AvgIpc) is 2.98. The molecule has 6 heteroatoms. The van der Waals surface area contributed by atoms with Crippen molar-refractivity contribution in [2.24, 2.45) is 0 Å². The number of fused-ring (bicyclic) bond motifs is 1. The van der Waals surface area contributed by atoms with Gasteiger partial charge in [0.1, 0.15) is 0 Å². The van der Waals surface area contributed by atoms with Gasteiger partial charge in [0, 0.05) is 29.0 Å². The number of benzene rings is 2. The third kappa shape index (κ3) is 3.65. The number of H-pyrrole nitrogens is 1. The van der Waals surface area contributed by atoms with Crippen LogP contribution >= 0.6 is 15.9 Å². The van der Waals surface area contributed by atoms with Gasteiger partial charge < -0.3 is 4.98 Å². The highest BCUT2D eigenvalue weighted by Gasteiger charge is 2.13. The molecule has 3 rings (SSSR count). The van der Waals surface area contributed by atoms with Gasteiger partial charge in [0.05, 0.1) is 4.90 Å². The fraction of sp³-hybridized carbons (Fsp3) is 0.176. The number of rotatable bonds is 6. The quantitative estimate of drug-likeness (QED) is 0.629. The molecule has 2 N–H and O–H groups in total. The number of aromatic amines is 1. The lowest BCUT2D eigenvalue weighted by molar-refractivity contribution is 0.581. The summed E-state index contributed by atoms with van der Waals surface area (Å²) in [5.41, 5.74) is 3.22. The van der Waals surface area contributed by atoms with E-state index < -0.39 is 10.0 Å². The standard InChI is InChI=1S/C17H17BrN2O2S/c18-11-13-5-7-15(8-6-13)23(21,22)20-10-9-14-12-19-17-4-2-1-3-16(14)17/h1-8,12,19-20H,9-11H2. The predicted molar refractivity (Wildman–Crippen MR) is 96.3 cm³/mol. The second kappa shape index (κ2) is 6.86. The van der Waals surface area contributed by atoms with E-state index in [0.29, 0.717) is 23.2 Å². The van der Waals surface area contributed by atoms with Crippen molar-refractivity contribution >= 4 is 36.9 Å². The van der Waals surface area contributed by atoms with E-state index in [2.05, 4.69) is 25.6 Å². The maximum Gasteiger partial charge on any atom is 0.240 e. The van der Waals surface area contributed by atoms with Crippen LogP contribution in [0.3, 0.4) is 0 Å². The first-order valence-corrected chi connectivity index (χ1v) is 9.90. The van der Waals surface area contributed by atoms with Gasteiger partial charge in [-0.15, -0.1) is 0 Å². The Morgan fingerprint density at radius 2 is 1.78 bits per heavy atom. The van der Waals surface area contributed by atoms with E-state index in [1.54, 1.807) is 12.1 Å². The number of halogens is 1. The van der Waals surface area contributed by atoms with Gasteiger partial charge in [-0.2, -0.15) is 0 Å². The molecule has 1 aromatic heterocycles. The van der Waals surface area contributed by atoms with Gasteiger partial charge in [0.15, 0.2) is 0 Å². The van der Waals surface area contributed by atoms with E-state index in [0.717, 1.165) is 22.0 Å². The van der Waals surface area contributed by atoms with Gasteiger partial charge in [-0.1, -0.05) is 46.3 Å². The van der Waals surface area contributed by atoms with Crippen molar-refractivity contribution in [2.75, 3.05) is 6.54 Å². The van der Waals surface area contributed by atoms with Crippen molar-refractivity contribution in [3.63, 3.8) is 0 Å². The zero-order valence-electron chi connectivity index (χ0n) is 12.4. The minimum absolute atomic E-state index is 0.293. The first kappa shape index (κ1) is 16.2. The summed E-state index contributed by atoms with van der Waals surface area (Å²) in [6, 6.07) is 14.9. The molecule has 0 aliphatic rings. The van der Waals surface area contributed by atoms with Crippen LogP contribution in [-0.2, 0) is 21.8 Å². The van der Waals surface area contributed by atoms with E-state index in [4.69, 9.17) is 0 Å². The Bertz CT molecular complexity index is 902. The fourth-order valence-electron chi connectivity index (χ4n) is 2.50. The van der Waals surface area contributed by atoms with Crippen LogP contribution in [0.2, 0.25) is 0 Å². The zero-order chi connectivity index (χ0) is 16.3. The van der Waals surface area contributed by atoms with Crippen LogP contribution in [0.15, 0.2) is 59.6 Å². The molecule has 0 saturated heterocycles. The van der Waals surface area contributed by atoms with Crippen LogP contribution in [0.4, 0.5) is 0 Å². The third-order valence-corrected chi connectivity index (χ3v) is 5.87. The van der Waals surface area contributed by atoms with E-state index in [1.165, 1.54) is 0 Å². The Labute approximate surface area is 144 Å². The van der Waals surface area contributed by atoms with Crippen LogP contribution in [0, 0.1) is 0 Å². The first-order valence-electron chi connectivity index (χ1n) is 7.30. The van der Waals surface area contributed by atoms with Gasteiger partial charge in [-0.3, -0.25) is 0 Å². The molecule has 0 fully saturated rings. The topological polar surface area (TPSA) is 62.0 Å². The number of sulfonamides is 1. The van der Waals surface area contributed by atoms with Gasteiger partial charge in [-0.25, -0.2) is 13.1 Å². The zero-order valence-corrected chi connectivity index (χ0v) is 14.8. The highest BCUT2D eigenvalue weighted by Crippen LogP contribution is 2.18. The number of aromatic nitrogens is 1. The molecule has 0 aliphatic carbocycles. The predicted octanol–water partition coefficient (Wildman–Crippen LogP) is 3.58. The summed E-state index contributed by atoms with van der Waals surface area (Å²) in [6.07, 6.45) is 2.58. The van der Waals surface area contributed by atoms with Gasteiger partial charge in [-0.05, 0) is 35.7 Å². The molecule has 3 aromatic rings. The molecule has 0 amide bonds. The summed E-state index contributed by atoms with van der Waals surface area (Å²) in [5, 5.41) is 1.84. The highest BCUT2D eigenvalue weighted by atomic mass is 79.9. The number of para-hydroxylation sites is 1. The van der Waals surface area contributed by atoms with E-state index in [1.807, 2.05) is 42.6 Å². The summed E-state index contributed by atoms with van der Waals surface area (Å²) in [7, 11) is -3.47. The summed E-state index contributed by atoms with van der Waals surface area (Å²) in [6.45, 7) is 0.365. The maximum atomic E-state index is 12.3. The third-order valence-electron chi connectivity index (χ3n) is 3.75. The minimum Gasteiger partial charge on any atom is -0.361 e. The molecular weight excluding hydrogens is 376 g/mol. The van der Waals surface area contributed by atoms with Crippen molar-refractivity contribution in [3.05, 3.63) is 65.9 Å². The van der Waals surface area contributed by atoms with E-state index >= 15 is 0 Å². The van der Waals surface area contributed by atoms with Gasteiger partial charge in [0.2, 0.25) is 10.0 Å². The van der Waals surface area contributed by atoms with Crippen molar-refractivity contribution in [2.45, 2.75) is 16.6 Å². The molecule has 0 radical (unpaired) electrons. The second-order valence-electron chi connectivity index (χ2n) is 5.28. The Morgan fingerprint density at radius 1 is 1.04 bits per heavy atom. The molecule has 23 heavy (non-hydrogen) atoms. The Kier molecular flexibility index (Phi) is 4.84. The van der Waals surface area contributed by atoms with E-state index in [-0.39, 0.29) is 0 Å². The van der Waals surface area contributed by atoms with Gasteiger partial charge >= 0.3 is 0 Å². The molecule has 0 bridgehead atoms. The largest absolute Gasteiger partial charge is 0.361 e. The summed E-state index contributed by atoms with van der Waals surface area (Å²) >= 11 is 3.35. The van der Waals surface area contributed by atoms with E-state index in [9.17, 15) is 8.42 Å². The number of hydrogen-bond donors (Lipinski definition) is 2.